The average Bonchev–Trinajstić information content (AvgIpc) is 3.33. The van der Waals surface area contributed by atoms with E-state index in [4.69, 9.17) is 0 Å². The molecule has 2 atom stereocenters. The summed E-state index contributed by atoms with van der Waals surface area (Å²) in [5.74, 6) is -0.246. The molecule has 224 valence electrons. The molecular weight excluding hydrogens is 544 g/mol. The molecule has 2 fully saturated rings. The molecule has 0 unspecified atom stereocenters. The zero-order valence-corrected chi connectivity index (χ0v) is 24.6. The number of fused-ring (bicyclic) bond motifs is 1. The van der Waals surface area contributed by atoms with E-state index in [9.17, 15) is 19.5 Å². The van der Waals surface area contributed by atoms with Crippen LogP contribution in [0.3, 0.4) is 0 Å². The number of nitrogens with zero attached hydrogens (tertiary/aromatic N) is 5. The van der Waals surface area contributed by atoms with E-state index in [1.807, 2.05) is 73.6 Å². The van der Waals surface area contributed by atoms with Gasteiger partial charge >= 0.3 is 6.03 Å². The fraction of sp³-hybridized carbons (Fsp3) is 0.303. The number of rotatable bonds is 10. The Morgan fingerprint density at radius 2 is 1.72 bits per heavy atom. The van der Waals surface area contributed by atoms with Gasteiger partial charge in [0.25, 0.3) is 0 Å². The lowest BCUT2D eigenvalue weighted by molar-refractivity contribution is -0.157. The highest BCUT2D eigenvalue weighted by Gasteiger charge is 2.52. The lowest BCUT2D eigenvalue weighted by atomic mass is 9.99. The Morgan fingerprint density at radius 3 is 2.42 bits per heavy atom. The summed E-state index contributed by atoms with van der Waals surface area (Å²) in [6, 6.07) is 23.2. The highest BCUT2D eigenvalue weighted by molar-refractivity contribution is 5.92. The van der Waals surface area contributed by atoms with Crippen LogP contribution < -0.4 is 10.2 Å². The molecule has 0 spiro atoms. The fourth-order valence-electron chi connectivity index (χ4n) is 5.69. The Labute approximate surface area is 252 Å². The molecule has 0 aliphatic carbocycles. The number of phenolic OH excluding ortho intramolecular Hbond substituents is 1. The summed E-state index contributed by atoms with van der Waals surface area (Å²) in [6.07, 6.45) is 1.36. The monoisotopic (exact) mass is 582 g/mol. The number of amides is 4. The van der Waals surface area contributed by atoms with Gasteiger partial charge in [0.1, 0.15) is 18.0 Å². The van der Waals surface area contributed by atoms with Crippen molar-refractivity contribution >= 4 is 23.5 Å². The third-order valence-corrected chi connectivity index (χ3v) is 7.87. The van der Waals surface area contributed by atoms with Gasteiger partial charge in [0, 0.05) is 39.3 Å². The van der Waals surface area contributed by atoms with E-state index < -0.39 is 12.2 Å². The van der Waals surface area contributed by atoms with Crippen LogP contribution in [0, 0.1) is 0 Å². The average molecular weight is 583 g/mol. The van der Waals surface area contributed by atoms with Crippen molar-refractivity contribution in [3.63, 3.8) is 0 Å². The van der Waals surface area contributed by atoms with Gasteiger partial charge in [-0.15, -0.1) is 6.58 Å². The van der Waals surface area contributed by atoms with Gasteiger partial charge in [-0.05, 0) is 41.0 Å². The lowest BCUT2D eigenvalue weighted by Crippen LogP contribution is -2.66. The molecule has 3 aromatic carbocycles. The number of hydrogen-bond donors (Lipinski definition) is 2. The molecule has 2 aliphatic rings. The maximum atomic E-state index is 14.0. The molecule has 2 N–H and O–H groups in total. The molecule has 10 nitrogen and oxygen atoms in total. The summed E-state index contributed by atoms with van der Waals surface area (Å²) in [6.45, 7) is 4.93. The zero-order chi connectivity index (χ0) is 30.5. The van der Waals surface area contributed by atoms with E-state index >= 15 is 0 Å². The van der Waals surface area contributed by atoms with Crippen molar-refractivity contribution in [2.24, 2.45) is 0 Å². The summed E-state index contributed by atoms with van der Waals surface area (Å²) in [5, 5.41) is 16.0. The number of carbonyl (C=O) groups is 3. The van der Waals surface area contributed by atoms with Gasteiger partial charge in [-0.25, -0.2) is 4.79 Å². The van der Waals surface area contributed by atoms with Crippen LogP contribution in [0.15, 0.2) is 91.5 Å². The second-order valence-corrected chi connectivity index (χ2v) is 11.1. The molecule has 0 saturated carbocycles. The SMILES string of the molecule is C=CCN(C(=O)NCc1ccccc1)N1CC(=O)N2[C@@H](Cc3ccc(O)cc3)C(=O)N(Cc3cccc(N(C)C)c3)C[C@@H]21. The topological polar surface area (TPSA) is 99.7 Å². The Balaban J connectivity index is 1.44. The largest absolute Gasteiger partial charge is 0.508 e. The van der Waals surface area contributed by atoms with E-state index in [0.29, 0.717) is 13.1 Å². The highest BCUT2D eigenvalue weighted by atomic mass is 16.3. The predicted molar refractivity (Wildman–Crippen MR) is 165 cm³/mol. The first-order valence-corrected chi connectivity index (χ1v) is 14.4. The highest BCUT2D eigenvalue weighted by Crippen LogP contribution is 2.31. The quantitative estimate of drug-likeness (QED) is 0.357. The summed E-state index contributed by atoms with van der Waals surface area (Å²) >= 11 is 0. The number of nitrogens with one attached hydrogen (secondary N) is 1. The van der Waals surface area contributed by atoms with Gasteiger partial charge < -0.3 is 25.1 Å². The maximum absolute atomic E-state index is 14.0. The second kappa shape index (κ2) is 13.0. The van der Waals surface area contributed by atoms with E-state index in [-0.39, 0.29) is 49.7 Å². The maximum Gasteiger partial charge on any atom is 0.332 e. The minimum atomic E-state index is -0.768. The van der Waals surface area contributed by atoms with Gasteiger partial charge in [-0.3, -0.25) is 14.6 Å². The van der Waals surface area contributed by atoms with E-state index in [2.05, 4.69) is 11.9 Å². The Kier molecular flexibility index (Phi) is 8.96. The van der Waals surface area contributed by atoms with Crippen LogP contribution in [0.2, 0.25) is 0 Å². The molecular formula is C33H38N6O4. The van der Waals surface area contributed by atoms with Crippen molar-refractivity contribution in [1.82, 2.24) is 25.1 Å². The molecule has 2 aliphatic heterocycles. The summed E-state index contributed by atoms with van der Waals surface area (Å²) in [7, 11) is 3.94. The Morgan fingerprint density at radius 1 is 1.00 bits per heavy atom. The predicted octanol–water partition coefficient (Wildman–Crippen LogP) is 3.19. The third-order valence-electron chi connectivity index (χ3n) is 7.87. The molecule has 43 heavy (non-hydrogen) atoms. The van der Waals surface area contributed by atoms with Crippen LogP contribution in [0.4, 0.5) is 10.5 Å². The summed E-state index contributed by atoms with van der Waals surface area (Å²) < 4.78 is 0. The van der Waals surface area contributed by atoms with Crippen LogP contribution in [0.5, 0.6) is 5.75 Å². The summed E-state index contributed by atoms with van der Waals surface area (Å²) in [4.78, 5) is 46.6. The molecule has 0 radical (unpaired) electrons. The van der Waals surface area contributed by atoms with Gasteiger partial charge in [0.05, 0.1) is 19.6 Å². The van der Waals surface area contributed by atoms with Crippen LogP contribution in [-0.4, -0.2) is 88.7 Å². The molecule has 2 saturated heterocycles. The van der Waals surface area contributed by atoms with Crippen molar-refractivity contribution in [1.29, 1.82) is 0 Å². The lowest BCUT2D eigenvalue weighted by Gasteiger charge is -2.46. The number of piperazine rings is 1. The number of hydrazine groups is 1. The number of hydrogen-bond acceptors (Lipinski definition) is 6. The molecule has 3 aromatic rings. The van der Waals surface area contributed by atoms with Crippen LogP contribution in [-0.2, 0) is 29.1 Å². The smallest absolute Gasteiger partial charge is 0.332 e. The minimum Gasteiger partial charge on any atom is -0.508 e. The van der Waals surface area contributed by atoms with Crippen molar-refractivity contribution in [2.75, 3.05) is 38.6 Å². The van der Waals surface area contributed by atoms with Crippen molar-refractivity contribution in [2.45, 2.75) is 31.7 Å². The number of urea groups is 1. The first-order chi connectivity index (χ1) is 20.7. The molecule has 10 heteroatoms. The zero-order valence-electron chi connectivity index (χ0n) is 24.6. The van der Waals surface area contributed by atoms with Crippen LogP contribution in [0.25, 0.3) is 0 Å². The standard InChI is InChI=1S/C33H38N6O4/c1-4-17-37(33(43)34-20-25-9-6-5-7-10-25)38-23-31(41)39-29(19-24-13-15-28(40)16-14-24)32(42)36(22-30(38)39)21-26-11-8-12-27(18-26)35(2)3/h4-16,18,29-30,40H,1,17,19-23H2,2-3H3,(H,34,43)/t29-,30+/m0/s1. The molecule has 4 amide bonds. The number of carbonyl (C=O) groups excluding carboxylic acids is 3. The molecule has 2 heterocycles. The Bertz CT molecular complexity index is 1460. The van der Waals surface area contributed by atoms with E-state index in [0.717, 1.165) is 22.4 Å². The minimum absolute atomic E-state index is 0.0411. The van der Waals surface area contributed by atoms with Gasteiger partial charge in [0.15, 0.2) is 0 Å². The van der Waals surface area contributed by atoms with Gasteiger partial charge in [-0.1, -0.05) is 60.7 Å². The molecule has 0 bridgehead atoms. The van der Waals surface area contributed by atoms with Crippen molar-refractivity contribution < 1.29 is 19.5 Å². The van der Waals surface area contributed by atoms with Crippen molar-refractivity contribution in [3.8, 4) is 5.75 Å². The molecule has 0 aromatic heterocycles. The first kappa shape index (κ1) is 29.7. The number of anilines is 1. The summed E-state index contributed by atoms with van der Waals surface area (Å²) in [5.41, 5.74) is 3.77. The first-order valence-electron chi connectivity index (χ1n) is 14.4. The van der Waals surface area contributed by atoms with E-state index in [1.165, 1.54) is 5.01 Å². The fourth-order valence-corrected chi connectivity index (χ4v) is 5.69. The van der Waals surface area contributed by atoms with Crippen LogP contribution in [0.1, 0.15) is 16.7 Å². The van der Waals surface area contributed by atoms with Gasteiger partial charge in [-0.2, -0.15) is 5.01 Å². The molecule has 5 rings (SSSR count). The second-order valence-electron chi connectivity index (χ2n) is 11.1. The number of phenols is 1. The number of aromatic hydroxyl groups is 1. The normalized spacial score (nSPS) is 18.4. The van der Waals surface area contributed by atoms with E-state index in [1.54, 1.807) is 45.2 Å². The third kappa shape index (κ3) is 6.65. The Hall–Kier alpha value is -4.83. The number of benzene rings is 3. The van der Waals surface area contributed by atoms with Crippen LogP contribution >= 0.6 is 0 Å². The van der Waals surface area contributed by atoms with Gasteiger partial charge in [0.2, 0.25) is 11.8 Å². The van der Waals surface area contributed by atoms with Crippen molar-refractivity contribution in [3.05, 3.63) is 108 Å².